The Morgan fingerprint density at radius 3 is 2.69 bits per heavy atom. The number of hydrogen-bond donors (Lipinski definition) is 1. The number of nitrogens with zero attached hydrogens (tertiary/aromatic N) is 4. The molecule has 2 saturated heterocycles. The number of nitrogens with one attached hydrogen (secondary N) is 1. The Morgan fingerprint density at radius 1 is 1.25 bits per heavy atom. The van der Waals surface area contributed by atoms with Crippen LogP contribution < -0.4 is 10.1 Å². The topological polar surface area (TPSA) is 101 Å². The standard InChI is InChI=1S/C22H28FN5O4/c1-3-9-24-21(30)28-12-16-11-27(19(29)13-31-18-6-4-17(23)5-7-18)10-8-22(16,14-28)20-26-25-15(2)32-20/h4-7,16H,3,8-14H2,1-2H3,(H,24,30)/t16-,22-/m0/s1. The summed E-state index contributed by atoms with van der Waals surface area (Å²) in [5.74, 6) is 0.901. The number of aryl methyl sites for hydroxylation is 1. The first-order chi connectivity index (χ1) is 15.4. The van der Waals surface area contributed by atoms with Crippen molar-refractivity contribution in [3.63, 3.8) is 0 Å². The van der Waals surface area contributed by atoms with Crippen LogP contribution in [0.2, 0.25) is 0 Å². The van der Waals surface area contributed by atoms with Crippen LogP contribution in [-0.4, -0.2) is 71.3 Å². The lowest BCUT2D eigenvalue weighted by Crippen LogP contribution is -2.52. The van der Waals surface area contributed by atoms with Crippen molar-refractivity contribution < 1.29 is 23.1 Å². The van der Waals surface area contributed by atoms with Crippen molar-refractivity contribution in [2.24, 2.45) is 5.92 Å². The Hall–Kier alpha value is -3.17. The molecule has 172 valence electrons. The minimum absolute atomic E-state index is 0.0294. The van der Waals surface area contributed by atoms with Crippen molar-refractivity contribution in [2.75, 3.05) is 39.3 Å². The van der Waals surface area contributed by atoms with E-state index in [2.05, 4.69) is 15.5 Å². The lowest BCUT2D eigenvalue weighted by molar-refractivity contribution is -0.136. The molecule has 1 aromatic heterocycles. The zero-order chi connectivity index (χ0) is 22.7. The number of halogens is 1. The molecule has 1 N–H and O–H groups in total. The zero-order valence-corrected chi connectivity index (χ0v) is 18.3. The minimum atomic E-state index is -0.473. The lowest BCUT2D eigenvalue weighted by Gasteiger charge is -2.41. The number of carbonyl (C=O) groups is 2. The van der Waals surface area contributed by atoms with Crippen molar-refractivity contribution >= 4 is 11.9 Å². The number of amides is 3. The van der Waals surface area contributed by atoms with Gasteiger partial charge in [-0.25, -0.2) is 9.18 Å². The van der Waals surface area contributed by atoms with Gasteiger partial charge in [-0.2, -0.15) is 0 Å². The third-order valence-electron chi connectivity index (χ3n) is 6.26. The molecule has 0 unspecified atom stereocenters. The number of likely N-dealkylation sites (tertiary alicyclic amines) is 2. The van der Waals surface area contributed by atoms with E-state index in [0.29, 0.717) is 56.7 Å². The van der Waals surface area contributed by atoms with Gasteiger partial charge in [-0.3, -0.25) is 4.79 Å². The van der Waals surface area contributed by atoms with Gasteiger partial charge in [0.1, 0.15) is 11.6 Å². The monoisotopic (exact) mass is 445 g/mol. The zero-order valence-electron chi connectivity index (χ0n) is 18.3. The molecule has 2 atom stereocenters. The third kappa shape index (κ3) is 4.39. The highest BCUT2D eigenvalue weighted by atomic mass is 19.1. The first-order valence-corrected chi connectivity index (χ1v) is 10.9. The number of piperidine rings is 1. The number of ether oxygens (including phenoxy) is 1. The summed E-state index contributed by atoms with van der Waals surface area (Å²) in [5, 5.41) is 11.2. The van der Waals surface area contributed by atoms with Gasteiger partial charge in [-0.05, 0) is 37.1 Å². The van der Waals surface area contributed by atoms with E-state index in [0.717, 1.165) is 6.42 Å². The van der Waals surface area contributed by atoms with Crippen LogP contribution >= 0.6 is 0 Å². The molecular weight excluding hydrogens is 417 g/mol. The van der Waals surface area contributed by atoms with Gasteiger partial charge in [-0.15, -0.1) is 10.2 Å². The maximum Gasteiger partial charge on any atom is 0.317 e. The molecule has 0 aliphatic carbocycles. The maximum absolute atomic E-state index is 13.1. The molecule has 2 aliphatic rings. The van der Waals surface area contributed by atoms with Gasteiger partial charge < -0.3 is 24.3 Å². The number of urea groups is 1. The predicted molar refractivity (Wildman–Crippen MR) is 113 cm³/mol. The summed E-state index contributed by atoms with van der Waals surface area (Å²) in [7, 11) is 0. The summed E-state index contributed by atoms with van der Waals surface area (Å²) >= 11 is 0. The summed E-state index contributed by atoms with van der Waals surface area (Å²) in [6.07, 6.45) is 1.46. The van der Waals surface area contributed by atoms with Crippen molar-refractivity contribution in [1.29, 1.82) is 0 Å². The summed E-state index contributed by atoms with van der Waals surface area (Å²) < 4.78 is 24.4. The van der Waals surface area contributed by atoms with Crippen molar-refractivity contribution in [3.05, 3.63) is 41.9 Å². The number of hydrogen-bond acceptors (Lipinski definition) is 6. The first kappa shape index (κ1) is 22.0. The molecule has 2 aliphatic heterocycles. The smallest absolute Gasteiger partial charge is 0.317 e. The first-order valence-electron chi connectivity index (χ1n) is 10.9. The largest absolute Gasteiger partial charge is 0.484 e. The highest BCUT2D eigenvalue weighted by molar-refractivity contribution is 5.78. The van der Waals surface area contributed by atoms with Gasteiger partial charge >= 0.3 is 6.03 Å². The van der Waals surface area contributed by atoms with E-state index in [4.69, 9.17) is 9.15 Å². The van der Waals surface area contributed by atoms with Crippen LogP contribution in [0, 0.1) is 18.7 Å². The second-order valence-corrected chi connectivity index (χ2v) is 8.42. The van der Waals surface area contributed by atoms with Crippen LogP contribution in [0.25, 0.3) is 0 Å². The van der Waals surface area contributed by atoms with Gasteiger partial charge in [0.2, 0.25) is 11.8 Å². The number of benzene rings is 1. The second-order valence-electron chi connectivity index (χ2n) is 8.42. The van der Waals surface area contributed by atoms with Crippen LogP contribution in [0.4, 0.5) is 9.18 Å². The number of aromatic nitrogens is 2. The van der Waals surface area contributed by atoms with Gasteiger partial charge in [0.15, 0.2) is 6.61 Å². The average Bonchev–Trinajstić information content (AvgIpc) is 3.40. The highest BCUT2D eigenvalue weighted by Crippen LogP contribution is 2.44. The SMILES string of the molecule is CCCNC(=O)N1C[C@@H]2CN(C(=O)COc3ccc(F)cc3)CC[C@]2(c2nnc(C)o2)C1. The Labute approximate surface area is 185 Å². The highest BCUT2D eigenvalue weighted by Gasteiger charge is 2.55. The molecule has 2 fully saturated rings. The lowest BCUT2D eigenvalue weighted by atomic mass is 9.72. The van der Waals surface area contributed by atoms with E-state index >= 15 is 0 Å². The van der Waals surface area contributed by atoms with E-state index in [-0.39, 0.29) is 30.3 Å². The second kappa shape index (κ2) is 9.13. The molecule has 0 radical (unpaired) electrons. The Bertz CT molecular complexity index is 965. The molecule has 0 saturated carbocycles. The van der Waals surface area contributed by atoms with Crippen LogP contribution in [0.3, 0.4) is 0 Å². The molecule has 0 bridgehead atoms. The van der Waals surface area contributed by atoms with Crippen molar-refractivity contribution in [2.45, 2.75) is 32.1 Å². The summed E-state index contributed by atoms with van der Waals surface area (Å²) in [6, 6.07) is 5.45. The number of carbonyl (C=O) groups excluding carboxylic acids is 2. The number of rotatable bonds is 6. The van der Waals surface area contributed by atoms with E-state index in [9.17, 15) is 14.0 Å². The van der Waals surface area contributed by atoms with Crippen LogP contribution in [0.15, 0.2) is 28.7 Å². The molecule has 3 heterocycles. The molecule has 3 amide bonds. The van der Waals surface area contributed by atoms with Crippen LogP contribution in [0.1, 0.15) is 31.5 Å². The van der Waals surface area contributed by atoms with E-state index < -0.39 is 5.41 Å². The van der Waals surface area contributed by atoms with Crippen molar-refractivity contribution in [1.82, 2.24) is 25.3 Å². The molecule has 9 nitrogen and oxygen atoms in total. The summed E-state index contributed by atoms with van der Waals surface area (Å²) in [4.78, 5) is 29.0. The van der Waals surface area contributed by atoms with E-state index in [1.807, 2.05) is 6.92 Å². The van der Waals surface area contributed by atoms with Gasteiger partial charge in [0.05, 0.1) is 5.41 Å². The quantitative estimate of drug-likeness (QED) is 0.731. The van der Waals surface area contributed by atoms with Gasteiger partial charge in [0.25, 0.3) is 5.91 Å². The van der Waals surface area contributed by atoms with E-state index in [1.165, 1.54) is 24.3 Å². The fraction of sp³-hybridized carbons (Fsp3) is 0.545. The molecule has 0 spiro atoms. The number of fused-ring (bicyclic) bond motifs is 1. The van der Waals surface area contributed by atoms with Gasteiger partial charge in [0, 0.05) is 45.6 Å². The third-order valence-corrected chi connectivity index (χ3v) is 6.26. The van der Waals surface area contributed by atoms with Crippen molar-refractivity contribution in [3.8, 4) is 5.75 Å². The molecular formula is C22H28FN5O4. The fourth-order valence-electron chi connectivity index (χ4n) is 4.52. The fourth-order valence-corrected chi connectivity index (χ4v) is 4.52. The summed E-state index contributed by atoms with van der Waals surface area (Å²) in [6.45, 7) is 6.16. The van der Waals surface area contributed by atoms with Crippen LogP contribution in [-0.2, 0) is 10.2 Å². The molecule has 1 aromatic carbocycles. The normalized spacial score (nSPS) is 22.5. The molecule has 2 aromatic rings. The summed E-state index contributed by atoms with van der Waals surface area (Å²) in [5.41, 5.74) is -0.473. The van der Waals surface area contributed by atoms with Gasteiger partial charge in [-0.1, -0.05) is 6.92 Å². The predicted octanol–water partition coefficient (Wildman–Crippen LogP) is 2.12. The van der Waals surface area contributed by atoms with E-state index in [1.54, 1.807) is 16.7 Å². The minimum Gasteiger partial charge on any atom is -0.484 e. The molecule has 32 heavy (non-hydrogen) atoms. The molecule has 10 heteroatoms. The Kier molecular flexibility index (Phi) is 6.29. The van der Waals surface area contributed by atoms with Crippen LogP contribution in [0.5, 0.6) is 5.75 Å². The Morgan fingerprint density at radius 2 is 2.00 bits per heavy atom. The maximum atomic E-state index is 13.1. The average molecular weight is 445 g/mol. The Balaban J connectivity index is 1.46. The molecule has 4 rings (SSSR count).